The number of hydrogen-bond acceptors (Lipinski definition) is 7. The SMILES string of the molecule is CC(C)[C@@H](C)C(=O)N[C@@H](C)C(=O)C[C@H](CC(=O)OC(C)(C)C)C(=O)c1nc2ccccc2o1. The summed E-state index contributed by atoms with van der Waals surface area (Å²) in [6.45, 7) is 12.4. The van der Waals surface area contributed by atoms with Crippen molar-refractivity contribution in [1.82, 2.24) is 10.3 Å². The molecule has 1 N–H and O–H groups in total. The molecule has 0 fully saturated rings. The third-order valence-corrected chi connectivity index (χ3v) is 5.41. The van der Waals surface area contributed by atoms with E-state index < -0.39 is 29.3 Å². The standard InChI is InChI=1S/C25H34N2O6/c1-14(2)15(3)23(31)26-16(4)19(28)12-17(13-21(29)33-25(5,6)7)22(30)24-27-18-10-8-9-11-20(18)32-24/h8-11,14-17H,12-13H2,1-7H3,(H,26,31)/t15-,16+,17-/m1/s1. The van der Waals surface area contributed by atoms with Gasteiger partial charge in [0, 0.05) is 18.3 Å². The minimum absolute atomic E-state index is 0.118. The Morgan fingerprint density at radius 1 is 1.03 bits per heavy atom. The normalized spacial score (nSPS) is 14.5. The molecule has 8 heteroatoms. The molecule has 0 radical (unpaired) electrons. The number of Topliss-reactive ketones (excluding diaryl/α,β-unsaturated/α-hetero) is 2. The van der Waals surface area contributed by atoms with Gasteiger partial charge in [-0.15, -0.1) is 0 Å². The van der Waals surface area contributed by atoms with E-state index >= 15 is 0 Å². The minimum Gasteiger partial charge on any atom is -0.460 e. The Hall–Kier alpha value is -3.03. The molecule has 0 bridgehead atoms. The summed E-state index contributed by atoms with van der Waals surface area (Å²) >= 11 is 0. The van der Waals surface area contributed by atoms with Crippen molar-refractivity contribution in [3.05, 3.63) is 30.2 Å². The van der Waals surface area contributed by atoms with Crippen LogP contribution in [0, 0.1) is 17.8 Å². The molecule has 3 atom stereocenters. The number of oxazole rings is 1. The van der Waals surface area contributed by atoms with E-state index in [1.807, 2.05) is 13.8 Å². The van der Waals surface area contributed by atoms with Crippen LogP contribution in [-0.4, -0.2) is 40.1 Å². The average Bonchev–Trinajstić information content (AvgIpc) is 3.14. The van der Waals surface area contributed by atoms with Gasteiger partial charge in [-0.1, -0.05) is 32.9 Å². The fourth-order valence-electron chi connectivity index (χ4n) is 3.14. The predicted octanol–water partition coefficient (Wildman–Crippen LogP) is 4.11. The Labute approximate surface area is 194 Å². The monoisotopic (exact) mass is 458 g/mol. The molecule has 0 saturated carbocycles. The summed E-state index contributed by atoms with van der Waals surface area (Å²) in [5, 5.41) is 2.70. The van der Waals surface area contributed by atoms with E-state index in [2.05, 4.69) is 10.3 Å². The maximum Gasteiger partial charge on any atom is 0.307 e. The highest BCUT2D eigenvalue weighted by molar-refractivity contribution is 6.01. The van der Waals surface area contributed by atoms with E-state index in [0.717, 1.165) is 0 Å². The van der Waals surface area contributed by atoms with Gasteiger partial charge in [0.1, 0.15) is 11.1 Å². The van der Waals surface area contributed by atoms with Gasteiger partial charge in [-0.05, 0) is 45.7 Å². The van der Waals surface area contributed by atoms with Gasteiger partial charge in [-0.3, -0.25) is 19.2 Å². The van der Waals surface area contributed by atoms with Crippen LogP contribution in [0.4, 0.5) is 0 Å². The summed E-state index contributed by atoms with van der Waals surface area (Å²) in [7, 11) is 0. The number of hydrogen-bond donors (Lipinski definition) is 1. The third kappa shape index (κ3) is 7.51. The maximum atomic E-state index is 13.2. The Morgan fingerprint density at radius 2 is 1.67 bits per heavy atom. The number of esters is 1. The molecule has 2 rings (SSSR count). The number of ketones is 2. The highest BCUT2D eigenvalue weighted by atomic mass is 16.6. The molecule has 8 nitrogen and oxygen atoms in total. The Balaban J connectivity index is 2.20. The zero-order valence-corrected chi connectivity index (χ0v) is 20.4. The average molecular weight is 459 g/mol. The molecule has 180 valence electrons. The van der Waals surface area contributed by atoms with Crippen LogP contribution in [0.3, 0.4) is 0 Å². The molecule has 1 aromatic carbocycles. The van der Waals surface area contributed by atoms with Crippen LogP contribution in [0.15, 0.2) is 28.7 Å². The van der Waals surface area contributed by atoms with Gasteiger partial charge in [-0.2, -0.15) is 0 Å². The molecule has 0 aliphatic carbocycles. The van der Waals surface area contributed by atoms with Gasteiger partial charge >= 0.3 is 5.97 Å². The molecule has 2 aromatic rings. The lowest BCUT2D eigenvalue weighted by molar-refractivity contribution is -0.155. The van der Waals surface area contributed by atoms with Crippen molar-refractivity contribution in [1.29, 1.82) is 0 Å². The second kappa shape index (κ2) is 10.7. The molecule has 0 aliphatic heterocycles. The fourth-order valence-corrected chi connectivity index (χ4v) is 3.14. The fraction of sp³-hybridized carbons (Fsp3) is 0.560. The van der Waals surface area contributed by atoms with E-state index in [-0.39, 0.29) is 42.3 Å². The number of rotatable bonds is 10. The topological polar surface area (TPSA) is 116 Å². The van der Waals surface area contributed by atoms with Gasteiger partial charge in [0.2, 0.25) is 11.7 Å². The number of benzene rings is 1. The Bertz CT molecular complexity index is 984. The Kier molecular flexibility index (Phi) is 8.52. The second-order valence-electron chi connectivity index (χ2n) is 9.77. The van der Waals surface area contributed by atoms with Crippen molar-refractivity contribution in [2.24, 2.45) is 17.8 Å². The summed E-state index contributed by atoms with van der Waals surface area (Å²) in [5.41, 5.74) is 0.207. The first-order valence-electron chi connectivity index (χ1n) is 11.2. The first kappa shape index (κ1) is 26.2. The molecule has 0 spiro atoms. The van der Waals surface area contributed by atoms with Crippen molar-refractivity contribution < 1.29 is 28.3 Å². The van der Waals surface area contributed by atoms with Crippen LogP contribution in [0.1, 0.15) is 72.0 Å². The first-order chi connectivity index (χ1) is 15.3. The number of ether oxygens (including phenoxy) is 1. The zero-order valence-electron chi connectivity index (χ0n) is 20.4. The second-order valence-corrected chi connectivity index (χ2v) is 9.77. The molecule has 0 saturated heterocycles. The van der Waals surface area contributed by atoms with Crippen LogP contribution in [0.25, 0.3) is 11.1 Å². The lowest BCUT2D eigenvalue weighted by atomic mass is 9.91. The van der Waals surface area contributed by atoms with Crippen molar-refractivity contribution in [2.45, 2.75) is 73.0 Å². The minimum atomic E-state index is -1.03. The molecule has 1 amide bonds. The number of fused-ring (bicyclic) bond motifs is 1. The van der Waals surface area contributed by atoms with E-state index in [4.69, 9.17) is 9.15 Å². The first-order valence-corrected chi connectivity index (χ1v) is 11.2. The van der Waals surface area contributed by atoms with Crippen LogP contribution < -0.4 is 5.32 Å². The summed E-state index contributed by atoms with van der Waals surface area (Å²) in [6, 6.07) is 6.10. The van der Waals surface area contributed by atoms with Gasteiger partial charge < -0.3 is 14.5 Å². The van der Waals surface area contributed by atoms with Gasteiger partial charge in [0.25, 0.3) is 5.89 Å². The Morgan fingerprint density at radius 3 is 2.24 bits per heavy atom. The molecular formula is C25H34N2O6. The predicted molar refractivity (Wildman–Crippen MR) is 124 cm³/mol. The lowest BCUT2D eigenvalue weighted by Gasteiger charge is -2.22. The van der Waals surface area contributed by atoms with Gasteiger partial charge in [-0.25, -0.2) is 4.98 Å². The summed E-state index contributed by atoms with van der Waals surface area (Å²) in [4.78, 5) is 55.1. The quantitative estimate of drug-likeness (QED) is 0.421. The maximum absolute atomic E-state index is 13.2. The third-order valence-electron chi connectivity index (χ3n) is 5.41. The van der Waals surface area contributed by atoms with Crippen LogP contribution in [0.2, 0.25) is 0 Å². The van der Waals surface area contributed by atoms with Crippen molar-refractivity contribution in [2.75, 3.05) is 0 Å². The zero-order chi connectivity index (χ0) is 24.9. The van der Waals surface area contributed by atoms with E-state index in [9.17, 15) is 19.2 Å². The number of nitrogens with one attached hydrogen (secondary N) is 1. The number of para-hydroxylation sites is 2. The van der Waals surface area contributed by atoms with Crippen LogP contribution in [0.5, 0.6) is 0 Å². The number of nitrogens with zero attached hydrogens (tertiary/aromatic N) is 1. The molecule has 0 unspecified atom stereocenters. The van der Waals surface area contributed by atoms with Crippen LogP contribution in [-0.2, 0) is 19.1 Å². The van der Waals surface area contributed by atoms with E-state index in [1.54, 1.807) is 58.9 Å². The molecule has 33 heavy (non-hydrogen) atoms. The summed E-state index contributed by atoms with van der Waals surface area (Å²) in [6.07, 6.45) is -0.558. The number of aromatic nitrogens is 1. The lowest BCUT2D eigenvalue weighted by Crippen LogP contribution is -2.43. The summed E-state index contributed by atoms with van der Waals surface area (Å²) in [5.74, 6) is -3.09. The van der Waals surface area contributed by atoms with Crippen LogP contribution >= 0.6 is 0 Å². The summed E-state index contributed by atoms with van der Waals surface area (Å²) < 4.78 is 10.9. The van der Waals surface area contributed by atoms with Gasteiger partial charge in [0.05, 0.1) is 12.5 Å². The van der Waals surface area contributed by atoms with E-state index in [1.165, 1.54) is 0 Å². The molecule has 1 aromatic heterocycles. The number of carbonyl (C=O) groups excluding carboxylic acids is 4. The highest BCUT2D eigenvalue weighted by Gasteiger charge is 2.33. The largest absolute Gasteiger partial charge is 0.460 e. The smallest absolute Gasteiger partial charge is 0.307 e. The van der Waals surface area contributed by atoms with Crippen molar-refractivity contribution in [3.63, 3.8) is 0 Å². The number of carbonyl (C=O) groups is 4. The van der Waals surface area contributed by atoms with Crippen molar-refractivity contribution in [3.8, 4) is 0 Å². The van der Waals surface area contributed by atoms with E-state index in [0.29, 0.717) is 11.1 Å². The molecule has 0 aliphatic rings. The highest BCUT2D eigenvalue weighted by Crippen LogP contribution is 2.23. The van der Waals surface area contributed by atoms with Gasteiger partial charge in [0.15, 0.2) is 11.4 Å². The molecular weight excluding hydrogens is 424 g/mol. The number of amides is 1. The molecule has 1 heterocycles. The van der Waals surface area contributed by atoms with Crippen molar-refractivity contribution >= 4 is 34.5 Å².